The highest BCUT2D eigenvalue weighted by molar-refractivity contribution is 6.39. The summed E-state index contributed by atoms with van der Waals surface area (Å²) in [6.45, 7) is 3.66. The lowest BCUT2D eigenvalue weighted by atomic mass is 10.0. The van der Waals surface area contributed by atoms with Crippen LogP contribution >= 0.6 is 0 Å². The van der Waals surface area contributed by atoms with Gasteiger partial charge in [0.05, 0.1) is 5.69 Å². The second-order valence-electron chi connectivity index (χ2n) is 7.70. The molecule has 0 spiro atoms. The number of ether oxygens (including phenoxy) is 1. The molecule has 1 fully saturated rings. The first-order valence-corrected chi connectivity index (χ1v) is 10.3. The summed E-state index contributed by atoms with van der Waals surface area (Å²) in [6.07, 6.45) is 1.40. The summed E-state index contributed by atoms with van der Waals surface area (Å²) in [5, 5.41) is 2.23. The van der Waals surface area contributed by atoms with Gasteiger partial charge in [-0.1, -0.05) is 42.5 Å². The number of benzene rings is 3. The van der Waals surface area contributed by atoms with Crippen LogP contribution in [-0.4, -0.2) is 17.8 Å². The number of carbonyl (C=O) groups is 3. The average Bonchev–Trinajstić information content (AvgIpc) is 2.78. The Bertz CT molecular complexity index is 1300. The van der Waals surface area contributed by atoms with Gasteiger partial charge in [0.1, 0.15) is 23.7 Å². The molecule has 1 saturated heterocycles. The predicted molar refractivity (Wildman–Crippen MR) is 122 cm³/mol. The van der Waals surface area contributed by atoms with Gasteiger partial charge < -0.3 is 4.74 Å². The number of hydrogen-bond acceptors (Lipinski definition) is 4. The fraction of sp³-hybridized carbons (Fsp3) is 0.115. The Morgan fingerprint density at radius 1 is 0.970 bits per heavy atom. The zero-order valence-electron chi connectivity index (χ0n) is 18.1. The number of halogens is 1. The van der Waals surface area contributed by atoms with Gasteiger partial charge in [0.25, 0.3) is 11.8 Å². The van der Waals surface area contributed by atoms with E-state index in [4.69, 9.17) is 4.74 Å². The predicted octanol–water partition coefficient (Wildman–Crippen LogP) is 4.69. The fourth-order valence-electron chi connectivity index (χ4n) is 3.47. The number of barbiturate groups is 1. The highest BCUT2D eigenvalue weighted by atomic mass is 19.1. The van der Waals surface area contributed by atoms with Gasteiger partial charge in [-0.15, -0.1) is 0 Å². The SMILES string of the molecule is Cc1ccc(C)c(N2C(=O)NC(=O)/C(=C/c3cccc(OCc4ccccc4F)c3)C2=O)c1. The molecule has 1 N–H and O–H groups in total. The van der Waals surface area contributed by atoms with Crippen molar-refractivity contribution in [3.63, 3.8) is 0 Å². The standard InChI is InChI=1S/C26H21FN2O4/c1-16-10-11-17(2)23(12-16)29-25(31)21(24(30)28-26(29)32)14-18-6-5-8-20(13-18)33-15-19-7-3-4-9-22(19)27/h3-14H,15H2,1-2H3,(H,28,30,32)/b21-14-. The third kappa shape index (κ3) is 4.67. The Kier molecular flexibility index (Phi) is 6.04. The third-order valence-corrected chi connectivity index (χ3v) is 5.23. The molecule has 7 heteroatoms. The quantitative estimate of drug-likeness (QED) is 0.458. The van der Waals surface area contributed by atoms with Gasteiger partial charge in [0.15, 0.2) is 0 Å². The Morgan fingerprint density at radius 2 is 1.76 bits per heavy atom. The van der Waals surface area contributed by atoms with Crippen molar-refractivity contribution in [2.45, 2.75) is 20.5 Å². The molecule has 1 aliphatic heterocycles. The molecule has 4 rings (SSSR count). The molecular formula is C26H21FN2O4. The van der Waals surface area contributed by atoms with Crippen LogP contribution in [0.5, 0.6) is 5.75 Å². The molecule has 6 nitrogen and oxygen atoms in total. The Hall–Kier alpha value is -4.26. The fourth-order valence-corrected chi connectivity index (χ4v) is 3.47. The number of aryl methyl sites for hydroxylation is 2. The lowest BCUT2D eigenvalue weighted by molar-refractivity contribution is -0.122. The minimum Gasteiger partial charge on any atom is -0.489 e. The van der Waals surface area contributed by atoms with Crippen LogP contribution in [0.4, 0.5) is 14.9 Å². The second-order valence-corrected chi connectivity index (χ2v) is 7.70. The van der Waals surface area contributed by atoms with Crippen molar-refractivity contribution in [3.05, 3.63) is 100 Å². The van der Waals surface area contributed by atoms with Crippen molar-refractivity contribution in [1.29, 1.82) is 0 Å². The van der Waals surface area contributed by atoms with Crippen LogP contribution in [0.1, 0.15) is 22.3 Å². The molecule has 0 aliphatic carbocycles. The van der Waals surface area contributed by atoms with Crippen molar-refractivity contribution >= 4 is 29.6 Å². The van der Waals surface area contributed by atoms with Gasteiger partial charge >= 0.3 is 6.03 Å². The molecule has 1 heterocycles. The summed E-state index contributed by atoms with van der Waals surface area (Å²) in [5.41, 5.74) is 2.76. The first kappa shape index (κ1) is 22.0. The number of nitrogens with one attached hydrogen (secondary N) is 1. The molecule has 0 saturated carbocycles. The van der Waals surface area contributed by atoms with Gasteiger partial charge in [-0.2, -0.15) is 0 Å². The minimum absolute atomic E-state index is 0.0288. The maximum atomic E-state index is 13.8. The number of urea groups is 1. The Labute approximate surface area is 190 Å². The van der Waals surface area contributed by atoms with Gasteiger partial charge in [0, 0.05) is 5.56 Å². The van der Waals surface area contributed by atoms with Crippen LogP contribution in [0.3, 0.4) is 0 Å². The van der Waals surface area contributed by atoms with Crippen LogP contribution in [0.15, 0.2) is 72.3 Å². The molecule has 0 aromatic heterocycles. The van der Waals surface area contributed by atoms with Crippen molar-refractivity contribution < 1.29 is 23.5 Å². The summed E-state index contributed by atoms with van der Waals surface area (Å²) in [4.78, 5) is 39.1. The minimum atomic E-state index is -0.794. The maximum absolute atomic E-state index is 13.8. The summed E-state index contributed by atoms with van der Waals surface area (Å²) in [5.74, 6) is -1.41. The first-order valence-electron chi connectivity index (χ1n) is 10.3. The molecule has 4 amide bonds. The highest BCUT2D eigenvalue weighted by Gasteiger charge is 2.37. The molecule has 1 aliphatic rings. The normalized spacial score (nSPS) is 15.1. The zero-order chi connectivity index (χ0) is 23.5. The van der Waals surface area contributed by atoms with Crippen molar-refractivity contribution in [2.75, 3.05) is 4.90 Å². The molecule has 33 heavy (non-hydrogen) atoms. The largest absolute Gasteiger partial charge is 0.489 e. The Balaban J connectivity index is 1.61. The summed E-state index contributed by atoms with van der Waals surface area (Å²) < 4.78 is 19.5. The summed E-state index contributed by atoms with van der Waals surface area (Å²) >= 11 is 0. The van der Waals surface area contributed by atoms with Crippen LogP contribution in [0.2, 0.25) is 0 Å². The number of anilines is 1. The monoisotopic (exact) mass is 444 g/mol. The summed E-state index contributed by atoms with van der Waals surface area (Å²) in [7, 11) is 0. The van der Waals surface area contributed by atoms with E-state index in [0.29, 0.717) is 22.6 Å². The molecule has 0 bridgehead atoms. The van der Waals surface area contributed by atoms with E-state index in [2.05, 4.69) is 5.32 Å². The van der Waals surface area contributed by atoms with Gasteiger partial charge in [0.2, 0.25) is 0 Å². The number of imide groups is 2. The van der Waals surface area contributed by atoms with Crippen molar-refractivity contribution in [2.24, 2.45) is 0 Å². The molecule has 3 aromatic carbocycles. The third-order valence-electron chi connectivity index (χ3n) is 5.23. The molecule has 166 valence electrons. The van der Waals surface area contributed by atoms with Gasteiger partial charge in [-0.3, -0.25) is 14.9 Å². The van der Waals surface area contributed by atoms with E-state index in [1.807, 2.05) is 13.0 Å². The average molecular weight is 444 g/mol. The lowest BCUT2D eigenvalue weighted by Gasteiger charge is -2.27. The first-order chi connectivity index (χ1) is 15.8. The van der Waals surface area contributed by atoms with E-state index in [1.54, 1.807) is 61.5 Å². The van der Waals surface area contributed by atoms with Gasteiger partial charge in [-0.05, 0) is 60.9 Å². The van der Waals surface area contributed by atoms with Crippen LogP contribution in [0.25, 0.3) is 6.08 Å². The smallest absolute Gasteiger partial charge is 0.335 e. The molecule has 3 aromatic rings. The van der Waals surface area contributed by atoms with E-state index in [0.717, 1.165) is 16.0 Å². The number of nitrogens with zero attached hydrogens (tertiary/aromatic N) is 1. The Morgan fingerprint density at radius 3 is 2.55 bits per heavy atom. The van der Waals surface area contributed by atoms with Crippen LogP contribution < -0.4 is 15.0 Å². The molecule has 0 radical (unpaired) electrons. The van der Waals surface area contributed by atoms with Crippen LogP contribution in [-0.2, 0) is 16.2 Å². The van der Waals surface area contributed by atoms with E-state index < -0.39 is 17.8 Å². The van der Waals surface area contributed by atoms with Gasteiger partial charge in [-0.25, -0.2) is 14.1 Å². The number of hydrogen-bond donors (Lipinski definition) is 1. The number of carbonyl (C=O) groups excluding carboxylic acids is 3. The zero-order valence-corrected chi connectivity index (χ0v) is 18.1. The molecule has 0 atom stereocenters. The van der Waals surface area contributed by atoms with E-state index in [9.17, 15) is 18.8 Å². The van der Waals surface area contributed by atoms with E-state index >= 15 is 0 Å². The molecule has 0 unspecified atom stereocenters. The van der Waals surface area contributed by atoms with E-state index in [-0.39, 0.29) is 18.0 Å². The maximum Gasteiger partial charge on any atom is 0.335 e. The molecular weight excluding hydrogens is 423 g/mol. The number of amides is 4. The van der Waals surface area contributed by atoms with Crippen LogP contribution in [0, 0.1) is 19.7 Å². The lowest BCUT2D eigenvalue weighted by Crippen LogP contribution is -2.54. The highest BCUT2D eigenvalue weighted by Crippen LogP contribution is 2.27. The van der Waals surface area contributed by atoms with Crippen molar-refractivity contribution in [1.82, 2.24) is 5.32 Å². The summed E-state index contributed by atoms with van der Waals surface area (Å²) in [6, 6.07) is 17.6. The number of rotatable bonds is 5. The van der Waals surface area contributed by atoms with E-state index in [1.165, 1.54) is 12.1 Å². The second kappa shape index (κ2) is 9.08. The topological polar surface area (TPSA) is 75.7 Å². The van der Waals surface area contributed by atoms with Crippen molar-refractivity contribution in [3.8, 4) is 5.75 Å².